The molecular weight excluding hydrogens is 456 g/mol. The van der Waals surface area contributed by atoms with Gasteiger partial charge >= 0.3 is 0 Å². The fourth-order valence-electron chi connectivity index (χ4n) is 8.98. The average Bonchev–Trinajstić information content (AvgIpc) is 3.12. The molecule has 4 aliphatic carbocycles. The van der Waals surface area contributed by atoms with Crippen molar-refractivity contribution in [2.75, 3.05) is 0 Å². The summed E-state index contributed by atoms with van der Waals surface area (Å²) >= 11 is 0. The lowest BCUT2D eigenvalue weighted by molar-refractivity contribution is -0.137. The van der Waals surface area contributed by atoms with Gasteiger partial charge in [-0.15, -0.1) is 13.2 Å². The lowest BCUT2D eigenvalue weighted by Crippen LogP contribution is -2.54. The third kappa shape index (κ3) is 4.45. The summed E-state index contributed by atoms with van der Waals surface area (Å²) in [4.78, 5) is 13.0. The van der Waals surface area contributed by atoms with Gasteiger partial charge in [0.25, 0.3) is 10.1 Å². The SMILES string of the molecule is C=C.CC(=O)[C@H]1CC(OS(=O)(=O)c2ccc(C)cc2)[C@H]2[C@@H]3CCC4CCCC[C@]4(C)[C@H]3CC[C@]12C. The summed E-state index contributed by atoms with van der Waals surface area (Å²) in [6.45, 7) is 14.4. The van der Waals surface area contributed by atoms with Gasteiger partial charge < -0.3 is 0 Å². The monoisotopic (exact) mass is 500 g/mol. The van der Waals surface area contributed by atoms with Gasteiger partial charge in [-0.1, -0.05) is 44.4 Å². The number of aryl methyl sites for hydroxylation is 1. The van der Waals surface area contributed by atoms with E-state index in [1.807, 2.05) is 19.1 Å². The molecule has 0 saturated heterocycles. The molecule has 0 radical (unpaired) electrons. The van der Waals surface area contributed by atoms with Crippen LogP contribution in [0.4, 0.5) is 0 Å². The summed E-state index contributed by atoms with van der Waals surface area (Å²) in [7, 11) is -3.87. The molecule has 0 spiro atoms. The zero-order valence-corrected chi connectivity index (χ0v) is 22.9. The maximum Gasteiger partial charge on any atom is 0.297 e. The maximum absolute atomic E-state index is 13.3. The van der Waals surface area contributed by atoms with E-state index in [4.69, 9.17) is 4.18 Å². The Labute approximate surface area is 213 Å². The van der Waals surface area contributed by atoms with Crippen molar-refractivity contribution in [3.8, 4) is 0 Å². The third-order valence-electron chi connectivity index (χ3n) is 10.6. The number of carbonyl (C=O) groups is 1. The highest BCUT2D eigenvalue weighted by atomic mass is 32.2. The third-order valence-corrected chi connectivity index (χ3v) is 11.9. The highest BCUT2D eigenvalue weighted by Crippen LogP contribution is 2.68. The Morgan fingerprint density at radius 2 is 1.66 bits per heavy atom. The molecule has 5 rings (SSSR count). The van der Waals surface area contributed by atoms with E-state index >= 15 is 0 Å². The van der Waals surface area contributed by atoms with Crippen molar-refractivity contribution in [2.45, 2.75) is 96.5 Å². The van der Waals surface area contributed by atoms with E-state index in [0.29, 0.717) is 23.7 Å². The van der Waals surface area contributed by atoms with Crippen molar-refractivity contribution < 1.29 is 17.4 Å². The second-order valence-corrected chi connectivity index (χ2v) is 13.7. The Balaban J connectivity index is 0.00000141. The molecule has 1 aromatic rings. The number of hydrogen-bond acceptors (Lipinski definition) is 4. The topological polar surface area (TPSA) is 60.4 Å². The van der Waals surface area contributed by atoms with Crippen molar-refractivity contribution in [3.63, 3.8) is 0 Å². The minimum absolute atomic E-state index is 0.112. The smallest absolute Gasteiger partial charge is 0.297 e. The predicted molar refractivity (Wildman–Crippen MR) is 140 cm³/mol. The quantitative estimate of drug-likeness (QED) is 0.326. The summed E-state index contributed by atoms with van der Waals surface area (Å²) in [5, 5.41) is 0. The summed E-state index contributed by atoms with van der Waals surface area (Å²) < 4.78 is 32.7. The first kappa shape index (κ1) is 26.6. The number of hydrogen-bond donors (Lipinski definition) is 0. The van der Waals surface area contributed by atoms with Crippen molar-refractivity contribution in [3.05, 3.63) is 43.0 Å². The minimum atomic E-state index is -3.87. The molecular formula is C30H44O4S. The van der Waals surface area contributed by atoms with Crippen LogP contribution in [0.2, 0.25) is 0 Å². The zero-order chi connectivity index (χ0) is 25.6. The fraction of sp³-hybridized carbons (Fsp3) is 0.700. The van der Waals surface area contributed by atoms with E-state index in [1.54, 1.807) is 19.1 Å². The lowest BCUT2D eigenvalue weighted by atomic mass is 9.44. The van der Waals surface area contributed by atoms with Gasteiger partial charge in [0, 0.05) is 5.92 Å². The molecule has 1 aromatic carbocycles. The van der Waals surface area contributed by atoms with Crippen molar-refractivity contribution in [2.24, 2.45) is 40.4 Å². The molecule has 5 heteroatoms. The molecule has 194 valence electrons. The van der Waals surface area contributed by atoms with E-state index in [0.717, 1.165) is 24.3 Å². The van der Waals surface area contributed by atoms with Crippen LogP contribution in [0.5, 0.6) is 0 Å². The number of carbonyl (C=O) groups excluding carboxylic acids is 1. The van der Waals surface area contributed by atoms with Gasteiger partial charge in [0.05, 0.1) is 11.0 Å². The largest absolute Gasteiger partial charge is 0.300 e. The molecule has 0 aliphatic heterocycles. The summed E-state index contributed by atoms with van der Waals surface area (Å²) in [5.74, 6) is 2.08. The summed E-state index contributed by atoms with van der Waals surface area (Å²) in [6, 6.07) is 6.91. The van der Waals surface area contributed by atoms with Crippen LogP contribution in [0.15, 0.2) is 42.3 Å². The number of rotatable bonds is 4. The highest BCUT2D eigenvalue weighted by molar-refractivity contribution is 7.86. The minimum Gasteiger partial charge on any atom is -0.300 e. The van der Waals surface area contributed by atoms with Gasteiger partial charge in [-0.25, -0.2) is 0 Å². The second-order valence-electron chi connectivity index (χ2n) is 12.2. The van der Waals surface area contributed by atoms with E-state index in [-0.39, 0.29) is 27.9 Å². The van der Waals surface area contributed by atoms with Crippen molar-refractivity contribution in [1.29, 1.82) is 0 Å². The lowest BCUT2D eigenvalue weighted by Gasteiger charge is -2.60. The first-order valence-electron chi connectivity index (χ1n) is 13.6. The molecule has 2 unspecified atom stereocenters. The molecule has 35 heavy (non-hydrogen) atoms. The molecule has 4 nitrogen and oxygen atoms in total. The summed E-state index contributed by atoms with van der Waals surface area (Å²) in [5.41, 5.74) is 1.21. The zero-order valence-electron chi connectivity index (χ0n) is 22.1. The first-order valence-corrected chi connectivity index (χ1v) is 15.0. The van der Waals surface area contributed by atoms with E-state index in [1.165, 1.54) is 38.5 Å². The van der Waals surface area contributed by atoms with Crippen molar-refractivity contribution >= 4 is 15.9 Å². The Morgan fingerprint density at radius 3 is 2.31 bits per heavy atom. The molecule has 8 atom stereocenters. The van der Waals surface area contributed by atoms with Crippen LogP contribution in [0.1, 0.15) is 84.1 Å². The highest BCUT2D eigenvalue weighted by Gasteiger charge is 2.64. The van der Waals surface area contributed by atoms with E-state index < -0.39 is 16.2 Å². The van der Waals surface area contributed by atoms with Crippen LogP contribution in [0.25, 0.3) is 0 Å². The molecule has 4 saturated carbocycles. The number of ketones is 1. The Hall–Kier alpha value is -1.46. The van der Waals surface area contributed by atoms with Crippen LogP contribution in [-0.2, 0) is 19.1 Å². The van der Waals surface area contributed by atoms with Gasteiger partial charge in [-0.05, 0) is 105 Å². The summed E-state index contributed by atoms with van der Waals surface area (Å²) in [6.07, 6.45) is 10.0. The molecule has 4 fully saturated rings. The first-order chi connectivity index (χ1) is 16.6. The Kier molecular flexibility index (Phi) is 7.43. The van der Waals surface area contributed by atoms with Crippen LogP contribution >= 0.6 is 0 Å². The molecule has 0 heterocycles. The van der Waals surface area contributed by atoms with Gasteiger partial charge in [-0.2, -0.15) is 8.42 Å². The fourth-order valence-corrected chi connectivity index (χ4v) is 10.1. The van der Waals surface area contributed by atoms with Crippen LogP contribution in [0.3, 0.4) is 0 Å². The second kappa shape index (κ2) is 9.78. The molecule has 0 aromatic heterocycles. The average molecular weight is 501 g/mol. The van der Waals surface area contributed by atoms with Gasteiger partial charge in [0.1, 0.15) is 5.78 Å². The number of fused-ring (bicyclic) bond motifs is 5. The van der Waals surface area contributed by atoms with E-state index in [9.17, 15) is 13.2 Å². The Bertz CT molecular complexity index is 1030. The van der Waals surface area contributed by atoms with Crippen LogP contribution in [-0.4, -0.2) is 20.3 Å². The standard InChI is InChI=1S/C28H40O4S.C2H4/c1-18-8-11-21(12-9-18)33(30,31)32-25-17-24(19(2)29)28(4)16-14-23-22(26(25)28)13-10-20-7-5-6-15-27(20,23)3;1-2/h8-9,11-12,20,22-26H,5-7,10,13-17H2,1-4H3;1-2H2/t20?,22-,23+,24-,25?,26-,27+,28-;/m1./s1. The van der Waals surface area contributed by atoms with Gasteiger partial charge in [0.2, 0.25) is 0 Å². The maximum atomic E-state index is 13.3. The molecule has 0 N–H and O–H groups in total. The molecule has 0 bridgehead atoms. The molecule has 4 aliphatic rings. The van der Waals surface area contributed by atoms with Crippen molar-refractivity contribution in [1.82, 2.24) is 0 Å². The predicted octanol–water partition coefficient (Wildman–Crippen LogP) is 7.12. The van der Waals surface area contributed by atoms with Gasteiger partial charge in [0.15, 0.2) is 0 Å². The Morgan fingerprint density at radius 1 is 0.971 bits per heavy atom. The number of Topliss-reactive ketones (excluding diaryl/α,β-unsaturated/α-hetero) is 1. The number of benzene rings is 1. The van der Waals surface area contributed by atoms with Gasteiger partial charge in [-0.3, -0.25) is 8.98 Å². The molecule has 0 amide bonds. The van der Waals surface area contributed by atoms with Crippen LogP contribution < -0.4 is 0 Å². The normalized spacial score (nSPS) is 40.5. The van der Waals surface area contributed by atoms with E-state index in [2.05, 4.69) is 27.0 Å². The van der Waals surface area contributed by atoms with Crippen LogP contribution in [0, 0.1) is 47.3 Å².